The van der Waals surface area contributed by atoms with Gasteiger partial charge in [0, 0.05) is 26.1 Å². The summed E-state index contributed by atoms with van der Waals surface area (Å²) in [6.07, 6.45) is 2.38. The third-order valence-electron chi connectivity index (χ3n) is 4.21. The fourth-order valence-corrected chi connectivity index (χ4v) is 2.79. The van der Waals surface area contributed by atoms with Crippen molar-refractivity contribution in [3.63, 3.8) is 0 Å². The SMILES string of the molecule is O=C(NCCCOCCc1ccccc1)NCCc1nc2ccccc2[nH]1. The van der Waals surface area contributed by atoms with Crippen LogP contribution in [0.5, 0.6) is 0 Å². The number of benzene rings is 2. The van der Waals surface area contributed by atoms with E-state index in [0.717, 1.165) is 29.7 Å². The average molecular weight is 366 g/mol. The van der Waals surface area contributed by atoms with E-state index < -0.39 is 0 Å². The van der Waals surface area contributed by atoms with Crippen molar-refractivity contribution in [1.82, 2.24) is 20.6 Å². The van der Waals surface area contributed by atoms with Gasteiger partial charge in [0.15, 0.2) is 0 Å². The summed E-state index contributed by atoms with van der Waals surface area (Å²) in [5.74, 6) is 0.878. The average Bonchev–Trinajstić information content (AvgIpc) is 3.11. The summed E-state index contributed by atoms with van der Waals surface area (Å²) in [6.45, 7) is 2.49. The van der Waals surface area contributed by atoms with Crippen LogP contribution < -0.4 is 10.6 Å². The normalized spacial score (nSPS) is 10.8. The van der Waals surface area contributed by atoms with Crippen LogP contribution in [0.15, 0.2) is 54.6 Å². The van der Waals surface area contributed by atoms with Crippen molar-refractivity contribution >= 4 is 17.1 Å². The number of hydrogen-bond acceptors (Lipinski definition) is 3. The number of aromatic amines is 1. The second-order valence-corrected chi connectivity index (χ2v) is 6.33. The molecule has 0 bridgehead atoms. The number of nitrogens with one attached hydrogen (secondary N) is 3. The Balaban J connectivity index is 1.20. The highest BCUT2D eigenvalue weighted by atomic mass is 16.5. The number of carbonyl (C=O) groups excluding carboxylic acids is 1. The fourth-order valence-electron chi connectivity index (χ4n) is 2.79. The van der Waals surface area contributed by atoms with Crippen molar-refractivity contribution < 1.29 is 9.53 Å². The Hall–Kier alpha value is -2.86. The van der Waals surface area contributed by atoms with Crippen molar-refractivity contribution in [3.8, 4) is 0 Å². The molecule has 0 saturated heterocycles. The van der Waals surface area contributed by atoms with Crippen LogP contribution in [0.2, 0.25) is 0 Å². The minimum atomic E-state index is -0.157. The third kappa shape index (κ3) is 6.42. The largest absolute Gasteiger partial charge is 0.381 e. The van der Waals surface area contributed by atoms with E-state index in [1.54, 1.807) is 0 Å². The van der Waals surface area contributed by atoms with E-state index in [1.165, 1.54) is 5.56 Å². The van der Waals surface area contributed by atoms with E-state index in [9.17, 15) is 4.79 Å². The Labute approximate surface area is 159 Å². The molecule has 0 aliphatic heterocycles. The number of aromatic nitrogens is 2. The summed E-state index contributed by atoms with van der Waals surface area (Å²) in [5.41, 5.74) is 3.24. The van der Waals surface area contributed by atoms with Gasteiger partial charge in [-0.25, -0.2) is 9.78 Å². The van der Waals surface area contributed by atoms with Gasteiger partial charge in [-0.05, 0) is 30.5 Å². The monoisotopic (exact) mass is 366 g/mol. The smallest absolute Gasteiger partial charge is 0.314 e. The molecule has 0 aliphatic rings. The summed E-state index contributed by atoms with van der Waals surface area (Å²) in [6, 6.07) is 18.0. The highest BCUT2D eigenvalue weighted by molar-refractivity contribution is 5.75. The number of nitrogens with zero attached hydrogens (tertiary/aromatic N) is 1. The van der Waals surface area contributed by atoms with Gasteiger partial charge < -0.3 is 20.4 Å². The zero-order chi connectivity index (χ0) is 18.7. The van der Waals surface area contributed by atoms with Crippen LogP contribution in [0, 0.1) is 0 Å². The summed E-state index contributed by atoms with van der Waals surface area (Å²) in [4.78, 5) is 19.5. The summed E-state index contributed by atoms with van der Waals surface area (Å²) in [7, 11) is 0. The number of para-hydroxylation sites is 2. The lowest BCUT2D eigenvalue weighted by atomic mass is 10.2. The van der Waals surface area contributed by atoms with Crippen molar-refractivity contribution in [2.75, 3.05) is 26.3 Å². The number of carbonyl (C=O) groups is 1. The standard InChI is InChI=1S/C21H26N4O2/c26-21(22-13-6-15-27-16-12-17-7-2-1-3-8-17)23-14-11-20-24-18-9-4-5-10-19(18)25-20/h1-5,7-10H,6,11-16H2,(H,24,25)(H2,22,23,26). The third-order valence-corrected chi connectivity index (χ3v) is 4.21. The van der Waals surface area contributed by atoms with Crippen LogP contribution in [-0.2, 0) is 17.6 Å². The molecule has 0 unspecified atom stereocenters. The van der Waals surface area contributed by atoms with E-state index in [0.29, 0.717) is 32.7 Å². The fraction of sp³-hybridized carbons (Fsp3) is 0.333. The van der Waals surface area contributed by atoms with Gasteiger partial charge >= 0.3 is 6.03 Å². The predicted octanol–water partition coefficient (Wildman–Crippen LogP) is 3.05. The van der Waals surface area contributed by atoms with Crippen LogP contribution in [0.4, 0.5) is 4.79 Å². The first-order chi connectivity index (χ1) is 13.3. The van der Waals surface area contributed by atoms with E-state index in [-0.39, 0.29) is 6.03 Å². The van der Waals surface area contributed by atoms with Gasteiger partial charge in [-0.1, -0.05) is 42.5 Å². The van der Waals surface area contributed by atoms with Crippen LogP contribution in [0.25, 0.3) is 11.0 Å². The molecule has 142 valence electrons. The number of fused-ring (bicyclic) bond motifs is 1. The molecule has 0 atom stereocenters. The van der Waals surface area contributed by atoms with Crippen molar-refractivity contribution in [3.05, 3.63) is 66.0 Å². The molecular formula is C21H26N4O2. The zero-order valence-corrected chi connectivity index (χ0v) is 15.4. The second kappa shape index (κ2) is 10.3. The molecule has 2 amide bonds. The first-order valence-electron chi connectivity index (χ1n) is 9.38. The number of ether oxygens (including phenoxy) is 1. The summed E-state index contributed by atoms with van der Waals surface area (Å²) < 4.78 is 5.60. The molecule has 27 heavy (non-hydrogen) atoms. The Morgan fingerprint density at radius 2 is 1.70 bits per heavy atom. The maximum Gasteiger partial charge on any atom is 0.314 e. The highest BCUT2D eigenvalue weighted by Crippen LogP contribution is 2.10. The molecule has 2 aromatic carbocycles. The number of urea groups is 1. The first-order valence-corrected chi connectivity index (χ1v) is 9.38. The second-order valence-electron chi connectivity index (χ2n) is 6.33. The van der Waals surface area contributed by atoms with Gasteiger partial charge in [0.05, 0.1) is 17.6 Å². The van der Waals surface area contributed by atoms with Gasteiger partial charge in [0.25, 0.3) is 0 Å². The lowest BCUT2D eigenvalue weighted by Crippen LogP contribution is -2.37. The van der Waals surface area contributed by atoms with Crippen LogP contribution in [0.1, 0.15) is 17.8 Å². The highest BCUT2D eigenvalue weighted by Gasteiger charge is 2.03. The molecule has 6 nitrogen and oxygen atoms in total. The van der Waals surface area contributed by atoms with Gasteiger partial charge in [-0.3, -0.25) is 0 Å². The van der Waals surface area contributed by atoms with E-state index in [2.05, 4.69) is 32.7 Å². The number of rotatable bonds is 10. The molecule has 6 heteroatoms. The number of imidazole rings is 1. The molecule has 0 saturated carbocycles. The summed E-state index contributed by atoms with van der Waals surface area (Å²) in [5, 5.41) is 5.69. The molecule has 3 rings (SSSR count). The van der Waals surface area contributed by atoms with Gasteiger partial charge in [-0.15, -0.1) is 0 Å². The lowest BCUT2D eigenvalue weighted by molar-refractivity contribution is 0.135. The summed E-state index contributed by atoms with van der Waals surface area (Å²) >= 11 is 0. The molecule has 0 spiro atoms. The molecule has 1 heterocycles. The van der Waals surface area contributed by atoms with Gasteiger partial charge in [0.1, 0.15) is 5.82 Å². The molecule has 3 N–H and O–H groups in total. The van der Waals surface area contributed by atoms with Gasteiger partial charge in [-0.2, -0.15) is 0 Å². The topological polar surface area (TPSA) is 79.0 Å². The Kier molecular flexibility index (Phi) is 7.24. The first kappa shape index (κ1) is 18.9. The molecule has 0 radical (unpaired) electrons. The van der Waals surface area contributed by atoms with Crippen LogP contribution in [-0.4, -0.2) is 42.3 Å². The Bertz CT molecular complexity index is 799. The Morgan fingerprint density at radius 1 is 0.926 bits per heavy atom. The molecule has 3 aromatic rings. The quantitative estimate of drug-likeness (QED) is 0.483. The van der Waals surface area contributed by atoms with Crippen LogP contribution >= 0.6 is 0 Å². The van der Waals surface area contributed by atoms with Crippen molar-refractivity contribution in [2.24, 2.45) is 0 Å². The van der Waals surface area contributed by atoms with E-state index in [4.69, 9.17) is 4.74 Å². The van der Waals surface area contributed by atoms with Crippen LogP contribution in [0.3, 0.4) is 0 Å². The van der Waals surface area contributed by atoms with Crippen molar-refractivity contribution in [1.29, 1.82) is 0 Å². The van der Waals surface area contributed by atoms with Gasteiger partial charge in [0.2, 0.25) is 0 Å². The number of H-pyrrole nitrogens is 1. The minimum Gasteiger partial charge on any atom is -0.381 e. The number of hydrogen-bond donors (Lipinski definition) is 3. The zero-order valence-electron chi connectivity index (χ0n) is 15.4. The Morgan fingerprint density at radius 3 is 2.56 bits per heavy atom. The maximum atomic E-state index is 11.8. The molecule has 0 fully saturated rings. The van der Waals surface area contributed by atoms with E-state index in [1.807, 2.05) is 42.5 Å². The molecule has 1 aromatic heterocycles. The molecule has 0 aliphatic carbocycles. The number of amides is 2. The van der Waals surface area contributed by atoms with E-state index >= 15 is 0 Å². The van der Waals surface area contributed by atoms with Crippen molar-refractivity contribution in [2.45, 2.75) is 19.3 Å². The lowest BCUT2D eigenvalue weighted by Gasteiger charge is -2.07. The maximum absolute atomic E-state index is 11.8. The predicted molar refractivity (Wildman–Crippen MR) is 107 cm³/mol. The molecular weight excluding hydrogens is 340 g/mol. The minimum absolute atomic E-state index is 0.157.